The Hall–Kier alpha value is -3.16. The van der Waals surface area contributed by atoms with Crippen LogP contribution in [0.1, 0.15) is 144 Å². The molecule has 13 atom stereocenters. The van der Waals surface area contributed by atoms with Gasteiger partial charge in [0, 0.05) is 54.8 Å². The maximum Gasteiger partial charge on any atom is 0.339 e. The number of hydrogen-bond donors (Lipinski definition) is 1. The summed E-state index contributed by atoms with van der Waals surface area (Å²) in [7, 11) is 0. The molecule has 3 saturated carbocycles. The van der Waals surface area contributed by atoms with Crippen molar-refractivity contribution in [2.24, 2.45) is 63.9 Å². The van der Waals surface area contributed by atoms with Crippen LogP contribution in [0.3, 0.4) is 0 Å². The highest BCUT2D eigenvalue weighted by Gasteiger charge is 2.93. The fourth-order valence-corrected chi connectivity index (χ4v) is 17.8. The number of hydrogen-bond acceptors (Lipinski definition) is 7. The normalized spacial score (nSPS) is 45.4. The van der Waals surface area contributed by atoms with Crippen molar-refractivity contribution in [1.29, 1.82) is 0 Å². The monoisotopic (exact) mass is 810 g/mol. The van der Waals surface area contributed by atoms with Crippen LogP contribution in [0.25, 0.3) is 0 Å². The van der Waals surface area contributed by atoms with Crippen LogP contribution in [0, 0.1) is 58.2 Å². The Morgan fingerprint density at radius 3 is 2.72 bits per heavy atom. The van der Waals surface area contributed by atoms with Crippen molar-refractivity contribution >= 4 is 11.9 Å². The third kappa shape index (κ3) is 4.55. The zero-order valence-electron chi connectivity index (χ0n) is 36.3. The van der Waals surface area contributed by atoms with Gasteiger partial charge in [-0.05, 0) is 148 Å². The Morgan fingerprint density at radius 2 is 1.85 bits per heavy atom. The number of piperidine rings is 2. The number of nitrogens with two attached hydrogens (primary N) is 1. The number of benzene rings is 1. The van der Waals surface area contributed by atoms with E-state index in [1.165, 1.54) is 95.0 Å². The van der Waals surface area contributed by atoms with E-state index in [0.717, 1.165) is 79.7 Å². The van der Waals surface area contributed by atoms with Gasteiger partial charge in [0.2, 0.25) is 0 Å². The summed E-state index contributed by atoms with van der Waals surface area (Å²) in [6, 6.07) is 7.52. The van der Waals surface area contributed by atoms with E-state index in [-0.39, 0.29) is 17.9 Å². The van der Waals surface area contributed by atoms with Gasteiger partial charge >= 0.3 is 11.9 Å². The largest absolute Gasteiger partial charge is 0.449 e. The Labute approximate surface area is 357 Å². The molecule has 7 heteroatoms. The van der Waals surface area contributed by atoms with Crippen LogP contribution < -0.4 is 5.73 Å². The maximum atomic E-state index is 15.9. The molecule has 3 saturated heterocycles. The summed E-state index contributed by atoms with van der Waals surface area (Å²) in [5.41, 5.74) is 14.1. The summed E-state index contributed by atoms with van der Waals surface area (Å²) in [6.45, 7) is 9.08. The van der Waals surface area contributed by atoms with Gasteiger partial charge < -0.3 is 20.1 Å². The second-order valence-corrected chi connectivity index (χ2v) is 22.5. The second-order valence-electron chi connectivity index (χ2n) is 22.5. The van der Waals surface area contributed by atoms with Gasteiger partial charge in [-0.2, -0.15) is 0 Å². The minimum Gasteiger partial charge on any atom is -0.449 e. The van der Waals surface area contributed by atoms with Crippen LogP contribution in [-0.4, -0.2) is 60.0 Å². The summed E-state index contributed by atoms with van der Waals surface area (Å²) >= 11 is 0. The number of carbonyl (C=O) groups is 2. The summed E-state index contributed by atoms with van der Waals surface area (Å²) in [4.78, 5) is 36.6. The molecule has 3 spiro atoms. The molecule has 1 unspecified atom stereocenters. The Balaban J connectivity index is 1.08. The Kier molecular flexibility index (Phi) is 8.22. The lowest BCUT2D eigenvalue weighted by molar-refractivity contribution is -0.278. The smallest absolute Gasteiger partial charge is 0.339 e. The van der Waals surface area contributed by atoms with Crippen LogP contribution in [0.2, 0.25) is 0 Å². The lowest BCUT2D eigenvalue weighted by Crippen LogP contribution is -2.77. The highest BCUT2D eigenvalue weighted by molar-refractivity contribution is 6.00. The van der Waals surface area contributed by atoms with Gasteiger partial charge in [-0.15, -0.1) is 0 Å². The average Bonchev–Trinajstić information content (AvgIpc) is 3.70. The van der Waals surface area contributed by atoms with Gasteiger partial charge in [-0.3, -0.25) is 9.69 Å². The number of esters is 2. The van der Waals surface area contributed by atoms with E-state index in [9.17, 15) is 4.79 Å². The number of carbonyl (C=O) groups excluding carboxylic acids is 2. The lowest BCUT2D eigenvalue weighted by atomic mass is 9.28. The fourth-order valence-electron chi connectivity index (χ4n) is 17.8. The number of fused-ring (bicyclic) bond motifs is 3. The van der Waals surface area contributed by atoms with Crippen molar-refractivity contribution in [3.63, 3.8) is 0 Å². The van der Waals surface area contributed by atoms with Crippen LogP contribution in [0.4, 0.5) is 0 Å². The molecular formula is C53H67N3O4. The van der Waals surface area contributed by atoms with Crippen LogP contribution in [0.5, 0.6) is 0 Å². The number of rotatable bonds is 5. The number of allylic oxidation sites excluding steroid dienone is 4. The molecule has 0 aromatic heterocycles. The first-order chi connectivity index (χ1) is 29.3. The van der Waals surface area contributed by atoms with Gasteiger partial charge in [0.25, 0.3) is 0 Å². The predicted octanol–water partition coefficient (Wildman–Crippen LogP) is 9.52. The predicted molar refractivity (Wildman–Crippen MR) is 231 cm³/mol. The Morgan fingerprint density at radius 1 is 0.967 bits per heavy atom. The van der Waals surface area contributed by atoms with Crippen molar-refractivity contribution in [3.05, 3.63) is 80.8 Å². The minimum absolute atomic E-state index is 0.0450. The average molecular weight is 810 g/mol. The molecular weight excluding hydrogens is 743 g/mol. The quantitative estimate of drug-likeness (QED) is 0.297. The van der Waals surface area contributed by atoms with E-state index >= 15 is 4.79 Å². The molecule has 9 aliphatic heterocycles. The van der Waals surface area contributed by atoms with Gasteiger partial charge in [-0.25, -0.2) is 4.79 Å². The van der Waals surface area contributed by atoms with E-state index in [2.05, 4.69) is 54.0 Å². The fraction of sp³-hybridized carbons (Fsp3) is 0.698. The van der Waals surface area contributed by atoms with Gasteiger partial charge in [0.15, 0.2) is 5.60 Å². The molecule has 0 amide bonds. The zero-order chi connectivity index (χ0) is 40.3. The molecule has 318 valence electrons. The second kappa shape index (κ2) is 13.2. The van der Waals surface area contributed by atoms with Crippen LogP contribution >= 0.6 is 0 Å². The van der Waals surface area contributed by atoms with Gasteiger partial charge in [0.05, 0.1) is 11.0 Å². The molecule has 16 rings (SSSR count). The number of aryl methyl sites for hydroxylation is 1. The summed E-state index contributed by atoms with van der Waals surface area (Å²) in [5, 5.41) is 0. The molecule has 12 bridgehead atoms. The summed E-state index contributed by atoms with van der Waals surface area (Å²) in [6.07, 6.45) is 25.4. The molecule has 15 aliphatic rings. The molecule has 1 aromatic carbocycles. The van der Waals surface area contributed by atoms with Crippen molar-refractivity contribution in [2.45, 2.75) is 147 Å². The highest BCUT2D eigenvalue weighted by Crippen LogP contribution is 2.88. The topological polar surface area (TPSA) is 85.1 Å². The van der Waals surface area contributed by atoms with Crippen LogP contribution in [-0.2, 0) is 26.3 Å². The molecule has 1 aromatic rings. The first-order valence-corrected chi connectivity index (χ1v) is 24.9. The summed E-state index contributed by atoms with van der Waals surface area (Å²) in [5.74, 6) is 4.32. The molecule has 7 nitrogen and oxygen atoms in total. The standard InChI is InChI=1S/C53H67N3O4/c1-30-13-14-35-26-40-31(2)23-36-15-17-42-37-24-33-27-55(29-37)38(25-32-8-4-3-5-9-32)16-18-44-51-20-19-39(46(40)48(36)56(42)28-33)47(35)52(51,50(58)59-44)43(22-30)53(51)41-12-6-10-34(11-7-21-54)45(41)49(57)60-53/h6,10,12,18,26,30-33,37-38,40,42-43,46H,3-5,7-9,11,13-17,19-25,27-29,54H2,1-2H3/b44-18-/t30-,31+,33-,37+,38+,40-,42-,43+,46-,51-,52-,53-/m1/s1. The third-order valence-electron chi connectivity index (χ3n) is 19.8. The maximum absolute atomic E-state index is 15.9. The van der Waals surface area contributed by atoms with E-state index < -0.39 is 16.4 Å². The molecule has 9 heterocycles. The zero-order valence-corrected chi connectivity index (χ0v) is 36.3. The first kappa shape index (κ1) is 37.4. The van der Waals surface area contributed by atoms with Crippen LogP contribution in [0.15, 0.2) is 64.1 Å². The molecule has 6 fully saturated rings. The van der Waals surface area contributed by atoms with E-state index in [1.54, 1.807) is 16.8 Å². The van der Waals surface area contributed by atoms with Crippen molar-refractivity contribution < 1.29 is 19.1 Å². The van der Waals surface area contributed by atoms with E-state index in [4.69, 9.17) is 15.2 Å². The number of nitrogens with zero attached hydrogens (tertiary/aromatic N) is 2. The molecule has 2 N–H and O–H groups in total. The Bertz CT molecular complexity index is 2190. The van der Waals surface area contributed by atoms with Crippen molar-refractivity contribution in [2.75, 3.05) is 26.2 Å². The SMILES string of the molecule is C[C@@H]1CCC2=C[C@H]3[C@H]4C5=C2[C@]26C(=O)O/C(=C\C[C@@H](CC7CCCCC7)N7C[C@H]8C[C@@H](C7)[C@H]7CCC(=C4N7C8)C[C@@H]3C)[C@@]2(CC5)[C@]2(OC(=O)c3c(CCCN)cccc32)[C@H]6C1. The number of ether oxygens (including phenoxy) is 2. The first-order valence-electron chi connectivity index (χ1n) is 24.9. The third-order valence-corrected chi connectivity index (χ3v) is 19.8. The highest BCUT2D eigenvalue weighted by atomic mass is 16.6. The lowest BCUT2D eigenvalue weighted by Gasteiger charge is -2.72. The minimum atomic E-state index is -0.948. The summed E-state index contributed by atoms with van der Waals surface area (Å²) < 4.78 is 14.3. The molecule has 60 heavy (non-hydrogen) atoms. The van der Waals surface area contributed by atoms with Gasteiger partial charge in [-0.1, -0.05) is 81.4 Å². The van der Waals surface area contributed by atoms with Crippen molar-refractivity contribution in [3.8, 4) is 0 Å². The molecule has 6 aliphatic carbocycles. The van der Waals surface area contributed by atoms with Gasteiger partial charge in [0.1, 0.15) is 11.2 Å². The van der Waals surface area contributed by atoms with E-state index in [0.29, 0.717) is 54.1 Å². The molecule has 0 radical (unpaired) electrons. The van der Waals surface area contributed by atoms with E-state index in [1.807, 2.05) is 0 Å². The van der Waals surface area contributed by atoms with Crippen molar-refractivity contribution in [1.82, 2.24) is 9.80 Å².